The van der Waals surface area contributed by atoms with E-state index >= 15 is 0 Å². The highest BCUT2D eigenvalue weighted by molar-refractivity contribution is 6.09. The summed E-state index contributed by atoms with van der Waals surface area (Å²) < 4.78 is 12.1. The summed E-state index contributed by atoms with van der Waals surface area (Å²) in [5, 5.41) is 13.2. The zero-order valence-corrected chi connectivity index (χ0v) is 21.2. The molecule has 0 saturated carbocycles. The van der Waals surface area contributed by atoms with E-state index in [0.29, 0.717) is 12.2 Å². The zero-order chi connectivity index (χ0) is 25.6. The molecule has 1 aliphatic rings. The Morgan fingerprint density at radius 3 is 2.69 bits per heavy atom. The van der Waals surface area contributed by atoms with E-state index in [1.54, 1.807) is 0 Å². The average molecular weight is 480 g/mol. The van der Waals surface area contributed by atoms with E-state index in [0.717, 1.165) is 56.1 Å². The van der Waals surface area contributed by atoms with Crippen molar-refractivity contribution in [1.29, 1.82) is 0 Å². The van der Waals surface area contributed by atoms with Crippen LogP contribution >= 0.6 is 0 Å². The summed E-state index contributed by atoms with van der Waals surface area (Å²) in [6.07, 6.45) is 1.48. The fourth-order valence-electron chi connectivity index (χ4n) is 5.10. The fraction of sp³-hybridized carbons (Fsp3) is 0.290. The molecule has 4 aromatic rings. The van der Waals surface area contributed by atoms with Crippen LogP contribution in [0, 0.1) is 18.8 Å². The highest BCUT2D eigenvalue weighted by Crippen LogP contribution is 2.45. The van der Waals surface area contributed by atoms with Gasteiger partial charge < -0.3 is 14.6 Å². The van der Waals surface area contributed by atoms with Crippen molar-refractivity contribution >= 4 is 27.6 Å². The van der Waals surface area contributed by atoms with Crippen LogP contribution in [0.3, 0.4) is 0 Å². The van der Waals surface area contributed by atoms with Gasteiger partial charge in [0.15, 0.2) is 6.10 Å². The molecule has 1 aliphatic heterocycles. The molecular weight excluding hydrogens is 450 g/mol. The van der Waals surface area contributed by atoms with E-state index in [9.17, 15) is 9.90 Å². The van der Waals surface area contributed by atoms with Crippen LogP contribution in [0.15, 0.2) is 48.7 Å². The second-order valence-electron chi connectivity index (χ2n) is 10.1. The second-order valence-corrected chi connectivity index (χ2v) is 10.1. The largest absolute Gasteiger partial charge is 0.493 e. The predicted molar refractivity (Wildman–Crippen MR) is 142 cm³/mol. The lowest BCUT2D eigenvalue weighted by Gasteiger charge is -2.29. The number of rotatable bonds is 4. The molecule has 0 saturated heterocycles. The van der Waals surface area contributed by atoms with Crippen LogP contribution in [-0.2, 0) is 16.0 Å². The molecule has 0 radical (unpaired) electrons. The molecule has 1 aromatic heterocycles. The van der Waals surface area contributed by atoms with E-state index in [-0.39, 0.29) is 0 Å². The molecule has 0 bridgehead atoms. The number of fused-ring (bicyclic) bond motifs is 1. The summed E-state index contributed by atoms with van der Waals surface area (Å²) in [6.45, 7) is 10.0. The first-order chi connectivity index (χ1) is 17.2. The van der Waals surface area contributed by atoms with Gasteiger partial charge in [-0.3, -0.25) is 4.98 Å². The molecule has 3 aromatic carbocycles. The van der Waals surface area contributed by atoms with Gasteiger partial charge in [-0.25, -0.2) is 4.79 Å². The lowest BCUT2D eigenvalue weighted by atomic mass is 9.85. The first kappa shape index (κ1) is 23.8. The summed E-state index contributed by atoms with van der Waals surface area (Å²) in [6, 6.07) is 14.1. The minimum atomic E-state index is -1.15. The first-order valence-electron chi connectivity index (χ1n) is 12.1. The smallest absolute Gasteiger partial charge is 0.337 e. The van der Waals surface area contributed by atoms with Gasteiger partial charge in [-0.1, -0.05) is 18.1 Å². The molecule has 1 unspecified atom stereocenters. The van der Waals surface area contributed by atoms with Crippen LogP contribution in [0.1, 0.15) is 56.1 Å². The molecule has 36 heavy (non-hydrogen) atoms. The summed E-state index contributed by atoms with van der Waals surface area (Å²) in [7, 11) is 0. The Bertz CT molecular complexity index is 1570. The summed E-state index contributed by atoms with van der Waals surface area (Å²) in [5.74, 6) is 5.87. The molecule has 1 atom stereocenters. The number of benzene rings is 3. The van der Waals surface area contributed by atoms with E-state index in [1.165, 1.54) is 5.56 Å². The van der Waals surface area contributed by atoms with Gasteiger partial charge in [0.1, 0.15) is 5.75 Å². The minimum Gasteiger partial charge on any atom is -0.493 e. The Labute approximate surface area is 211 Å². The molecule has 5 rings (SSSR count). The Hall–Kier alpha value is -3.88. The molecular formula is C31H29NO4. The maximum absolute atomic E-state index is 12.6. The van der Waals surface area contributed by atoms with Gasteiger partial charge >= 0.3 is 5.97 Å². The van der Waals surface area contributed by atoms with Gasteiger partial charge in [0.2, 0.25) is 0 Å². The molecule has 2 heterocycles. The second kappa shape index (κ2) is 8.96. The number of aryl methyl sites for hydroxylation is 1. The number of aromatic nitrogens is 1. The Morgan fingerprint density at radius 1 is 1.17 bits per heavy atom. The average Bonchev–Trinajstić information content (AvgIpc) is 2.82. The monoisotopic (exact) mass is 479 g/mol. The van der Waals surface area contributed by atoms with Gasteiger partial charge in [0, 0.05) is 34.7 Å². The van der Waals surface area contributed by atoms with Crippen molar-refractivity contribution < 1.29 is 19.4 Å². The number of pyridine rings is 1. The van der Waals surface area contributed by atoms with Crippen LogP contribution in [-0.4, -0.2) is 28.3 Å². The third-order valence-electron chi connectivity index (χ3n) is 6.45. The zero-order valence-electron chi connectivity index (χ0n) is 21.2. The molecule has 0 fully saturated rings. The lowest BCUT2D eigenvalue weighted by molar-refractivity contribution is -0.160. The van der Waals surface area contributed by atoms with Crippen molar-refractivity contribution in [2.75, 3.05) is 6.61 Å². The van der Waals surface area contributed by atoms with Gasteiger partial charge in [-0.05, 0) is 92.4 Å². The number of nitrogens with zero attached hydrogens (tertiary/aromatic N) is 1. The summed E-state index contributed by atoms with van der Waals surface area (Å²) >= 11 is 0. The van der Waals surface area contributed by atoms with Crippen molar-refractivity contribution in [3.63, 3.8) is 0 Å². The number of ether oxygens (including phenoxy) is 2. The van der Waals surface area contributed by atoms with Crippen LogP contribution in [0.25, 0.3) is 32.8 Å². The van der Waals surface area contributed by atoms with Crippen LogP contribution in [0.5, 0.6) is 5.75 Å². The van der Waals surface area contributed by atoms with Crippen molar-refractivity contribution in [3.05, 3.63) is 70.9 Å². The quantitative estimate of drug-likeness (QED) is 0.334. The third-order valence-corrected chi connectivity index (χ3v) is 6.45. The molecule has 5 nitrogen and oxygen atoms in total. The molecule has 1 N–H and O–H groups in total. The normalized spacial score (nSPS) is 13.7. The molecule has 0 spiro atoms. The van der Waals surface area contributed by atoms with Gasteiger partial charge in [0.05, 0.1) is 17.7 Å². The molecule has 5 heteroatoms. The van der Waals surface area contributed by atoms with E-state index in [4.69, 9.17) is 14.5 Å². The van der Waals surface area contributed by atoms with Crippen LogP contribution < -0.4 is 4.74 Å². The molecule has 0 aliphatic carbocycles. The number of aliphatic carboxylic acids is 1. The maximum atomic E-state index is 12.6. The number of carboxylic acids is 1. The maximum Gasteiger partial charge on any atom is 0.337 e. The van der Waals surface area contributed by atoms with Crippen molar-refractivity contribution in [1.82, 2.24) is 4.98 Å². The summed E-state index contributed by atoms with van der Waals surface area (Å²) in [5.41, 5.74) is 5.40. The standard InChI is InChI=1S/C31H29NO4/c1-6-7-19-8-9-22-21(17-19)16-18(2)25(29(30(33)34)36-31(3,4)5)27(22)23-10-11-24-26-20(13-15-35-24)12-14-32-28(23)26/h8-12,14,16-17,29H,13,15H2,1-5H3,(H,33,34). The summed E-state index contributed by atoms with van der Waals surface area (Å²) in [4.78, 5) is 17.4. The van der Waals surface area contributed by atoms with Gasteiger partial charge in [0.25, 0.3) is 0 Å². The predicted octanol–water partition coefficient (Wildman–Crippen LogP) is 6.61. The third kappa shape index (κ3) is 4.19. The minimum absolute atomic E-state index is 0.631. The SMILES string of the molecule is CC#Cc1ccc2c(-c3ccc4c5c(ccnc35)CCO4)c(C(OC(C)(C)C)C(=O)O)c(C)cc2c1. The van der Waals surface area contributed by atoms with Crippen molar-refractivity contribution in [2.24, 2.45) is 0 Å². The lowest BCUT2D eigenvalue weighted by Crippen LogP contribution is -2.28. The number of carboxylic acid groups (broad SMARTS) is 1. The van der Waals surface area contributed by atoms with Crippen LogP contribution in [0.4, 0.5) is 0 Å². The Kier molecular flexibility index (Phi) is 5.94. The molecule has 182 valence electrons. The fourth-order valence-corrected chi connectivity index (χ4v) is 5.10. The topological polar surface area (TPSA) is 68.7 Å². The Morgan fingerprint density at radius 2 is 1.97 bits per heavy atom. The number of carbonyl (C=O) groups is 1. The highest BCUT2D eigenvalue weighted by Gasteiger charge is 2.32. The van der Waals surface area contributed by atoms with Crippen molar-refractivity contribution in [3.8, 4) is 28.7 Å². The van der Waals surface area contributed by atoms with Crippen molar-refractivity contribution in [2.45, 2.75) is 52.7 Å². The van der Waals surface area contributed by atoms with Gasteiger partial charge in [-0.2, -0.15) is 0 Å². The number of hydrogen-bond donors (Lipinski definition) is 1. The van der Waals surface area contributed by atoms with E-state index in [2.05, 4.69) is 11.8 Å². The van der Waals surface area contributed by atoms with E-state index < -0.39 is 17.7 Å². The van der Waals surface area contributed by atoms with E-state index in [1.807, 2.05) is 83.3 Å². The Balaban J connectivity index is 1.91. The highest BCUT2D eigenvalue weighted by atomic mass is 16.5. The van der Waals surface area contributed by atoms with Gasteiger partial charge in [-0.15, -0.1) is 5.92 Å². The van der Waals surface area contributed by atoms with Crippen LogP contribution in [0.2, 0.25) is 0 Å². The first-order valence-corrected chi connectivity index (χ1v) is 12.1. The number of hydrogen-bond acceptors (Lipinski definition) is 4. The molecule has 0 amide bonds.